The molecule has 102 valence electrons. The maximum Gasteiger partial charge on any atom is 0.0992 e. The van der Waals surface area contributed by atoms with Gasteiger partial charge in [0.25, 0.3) is 0 Å². The van der Waals surface area contributed by atoms with E-state index in [-0.39, 0.29) is 5.75 Å². The van der Waals surface area contributed by atoms with Crippen LogP contribution in [0.4, 0.5) is 5.69 Å². The van der Waals surface area contributed by atoms with Gasteiger partial charge in [-0.1, -0.05) is 33.6 Å². The summed E-state index contributed by atoms with van der Waals surface area (Å²) in [5.41, 5.74) is 7.54. The standard InChI is InChI=1S/C14H10BrClN2OS/c15-11-3-4-14(13(18)6-11)20(19)8-10-2-1-9(7-17)5-12(10)16/h1-6H,8,18H2. The molecule has 2 rings (SSSR count). The maximum atomic E-state index is 12.3. The molecule has 3 nitrogen and oxygen atoms in total. The number of nitrogen functional groups attached to an aromatic ring is 1. The topological polar surface area (TPSA) is 66.9 Å². The SMILES string of the molecule is N#Cc1ccc(CS(=O)c2ccc(Br)cc2N)c(Cl)c1. The Bertz CT molecular complexity index is 728. The van der Waals surface area contributed by atoms with Crippen LogP contribution >= 0.6 is 27.5 Å². The summed E-state index contributed by atoms with van der Waals surface area (Å²) < 4.78 is 13.2. The van der Waals surface area contributed by atoms with Gasteiger partial charge in [-0.2, -0.15) is 5.26 Å². The number of halogens is 2. The molecule has 0 aliphatic rings. The number of nitriles is 1. The first-order valence-corrected chi connectivity index (χ1v) is 8.12. The van der Waals surface area contributed by atoms with E-state index in [1.165, 1.54) is 0 Å². The molecule has 2 N–H and O–H groups in total. The van der Waals surface area contributed by atoms with E-state index in [2.05, 4.69) is 15.9 Å². The number of hydrogen-bond donors (Lipinski definition) is 1. The molecular formula is C14H10BrClN2OS. The largest absolute Gasteiger partial charge is 0.398 e. The molecule has 0 radical (unpaired) electrons. The molecule has 1 unspecified atom stereocenters. The van der Waals surface area contributed by atoms with Crippen LogP contribution in [0.1, 0.15) is 11.1 Å². The predicted octanol–water partition coefficient (Wildman–Crippen LogP) is 3.86. The van der Waals surface area contributed by atoms with Crippen LogP contribution in [-0.2, 0) is 16.6 Å². The Morgan fingerprint density at radius 1 is 1.30 bits per heavy atom. The highest BCUT2D eigenvalue weighted by Gasteiger charge is 2.11. The number of anilines is 1. The molecule has 0 bridgehead atoms. The van der Waals surface area contributed by atoms with Gasteiger partial charge >= 0.3 is 0 Å². The average Bonchev–Trinajstić information content (AvgIpc) is 2.40. The molecule has 20 heavy (non-hydrogen) atoms. The fourth-order valence-electron chi connectivity index (χ4n) is 1.68. The quantitative estimate of drug-likeness (QED) is 0.835. The molecule has 0 aromatic heterocycles. The van der Waals surface area contributed by atoms with Crippen molar-refractivity contribution in [1.82, 2.24) is 0 Å². The van der Waals surface area contributed by atoms with Crippen LogP contribution < -0.4 is 5.73 Å². The second kappa shape index (κ2) is 6.40. The van der Waals surface area contributed by atoms with Crippen LogP contribution in [0.5, 0.6) is 0 Å². The molecule has 0 aliphatic heterocycles. The van der Waals surface area contributed by atoms with Gasteiger partial charge in [0.05, 0.1) is 33.1 Å². The third kappa shape index (κ3) is 3.40. The monoisotopic (exact) mass is 368 g/mol. The number of benzene rings is 2. The first kappa shape index (κ1) is 15.0. The zero-order valence-electron chi connectivity index (χ0n) is 10.3. The molecule has 0 fully saturated rings. The predicted molar refractivity (Wildman–Crippen MR) is 84.8 cm³/mol. The normalized spacial score (nSPS) is 11.8. The van der Waals surface area contributed by atoms with Gasteiger partial charge in [-0.15, -0.1) is 0 Å². The van der Waals surface area contributed by atoms with E-state index in [4.69, 9.17) is 22.6 Å². The Kier molecular flexibility index (Phi) is 4.81. The number of hydrogen-bond acceptors (Lipinski definition) is 3. The molecule has 1 atom stereocenters. The summed E-state index contributed by atoms with van der Waals surface area (Å²) in [6, 6.07) is 12.2. The highest BCUT2D eigenvalue weighted by molar-refractivity contribution is 9.10. The Morgan fingerprint density at radius 2 is 2.05 bits per heavy atom. The fourth-order valence-corrected chi connectivity index (χ4v) is 3.62. The Labute approximate surface area is 132 Å². The van der Waals surface area contributed by atoms with Crippen molar-refractivity contribution < 1.29 is 4.21 Å². The molecule has 0 saturated carbocycles. The summed E-state index contributed by atoms with van der Waals surface area (Å²) >= 11 is 9.39. The zero-order chi connectivity index (χ0) is 14.7. The summed E-state index contributed by atoms with van der Waals surface area (Å²) in [7, 11) is -1.29. The second-order valence-electron chi connectivity index (χ2n) is 4.09. The van der Waals surface area contributed by atoms with Gasteiger partial charge in [0.1, 0.15) is 0 Å². The molecule has 0 aliphatic carbocycles. The molecule has 2 aromatic carbocycles. The van der Waals surface area contributed by atoms with Crippen LogP contribution in [0.15, 0.2) is 45.8 Å². The van der Waals surface area contributed by atoms with Gasteiger partial charge in [0, 0.05) is 15.2 Å². The summed E-state index contributed by atoms with van der Waals surface area (Å²) in [4.78, 5) is 0.577. The second-order valence-corrected chi connectivity index (χ2v) is 6.83. The first-order chi connectivity index (χ1) is 9.51. The maximum absolute atomic E-state index is 12.3. The van der Waals surface area contributed by atoms with Crippen molar-refractivity contribution in [2.45, 2.75) is 10.6 Å². The van der Waals surface area contributed by atoms with E-state index >= 15 is 0 Å². The number of nitrogens with zero attached hydrogens (tertiary/aromatic N) is 1. The molecule has 6 heteroatoms. The third-order valence-corrected chi connectivity index (χ3v) is 4.97. The smallest absolute Gasteiger partial charge is 0.0992 e. The minimum Gasteiger partial charge on any atom is -0.398 e. The van der Waals surface area contributed by atoms with Crippen molar-refractivity contribution in [3.8, 4) is 6.07 Å². The third-order valence-electron chi connectivity index (χ3n) is 2.69. The van der Waals surface area contributed by atoms with Crippen LogP contribution in [0.2, 0.25) is 5.02 Å². The lowest BCUT2D eigenvalue weighted by Gasteiger charge is -2.08. The molecule has 2 aromatic rings. The zero-order valence-corrected chi connectivity index (χ0v) is 13.4. The molecule has 0 spiro atoms. The lowest BCUT2D eigenvalue weighted by Crippen LogP contribution is -2.01. The van der Waals surface area contributed by atoms with Crippen LogP contribution in [0, 0.1) is 11.3 Å². The van der Waals surface area contributed by atoms with E-state index < -0.39 is 10.8 Å². The lowest BCUT2D eigenvalue weighted by molar-refractivity contribution is 0.683. The van der Waals surface area contributed by atoms with Crippen molar-refractivity contribution >= 4 is 44.0 Å². The van der Waals surface area contributed by atoms with Crippen molar-refractivity contribution in [3.05, 3.63) is 57.0 Å². The Hall–Kier alpha value is -1.35. The van der Waals surface area contributed by atoms with Gasteiger partial charge in [-0.3, -0.25) is 4.21 Å². The van der Waals surface area contributed by atoms with E-state index in [9.17, 15) is 4.21 Å². The molecular weight excluding hydrogens is 360 g/mol. The Balaban J connectivity index is 2.26. The molecule has 0 amide bonds. The van der Waals surface area contributed by atoms with Gasteiger partial charge in [0.2, 0.25) is 0 Å². The summed E-state index contributed by atoms with van der Waals surface area (Å²) in [6.45, 7) is 0. The van der Waals surface area contributed by atoms with E-state index in [1.807, 2.05) is 6.07 Å². The van der Waals surface area contributed by atoms with Gasteiger partial charge < -0.3 is 5.73 Å². The summed E-state index contributed by atoms with van der Waals surface area (Å²) in [5.74, 6) is 0.260. The van der Waals surface area contributed by atoms with Gasteiger partial charge in [-0.05, 0) is 35.9 Å². The van der Waals surface area contributed by atoms with Gasteiger partial charge in [0.15, 0.2) is 0 Å². The summed E-state index contributed by atoms with van der Waals surface area (Å²) in [5, 5.41) is 9.22. The minimum absolute atomic E-state index is 0.260. The van der Waals surface area contributed by atoms with Crippen LogP contribution in [-0.4, -0.2) is 4.21 Å². The van der Waals surface area contributed by atoms with Crippen LogP contribution in [0.3, 0.4) is 0 Å². The van der Waals surface area contributed by atoms with Crippen molar-refractivity contribution in [2.75, 3.05) is 5.73 Å². The number of rotatable bonds is 3. The van der Waals surface area contributed by atoms with Crippen LogP contribution in [0.25, 0.3) is 0 Å². The molecule has 0 heterocycles. The highest BCUT2D eigenvalue weighted by atomic mass is 79.9. The van der Waals surface area contributed by atoms with E-state index in [0.29, 0.717) is 21.2 Å². The first-order valence-electron chi connectivity index (χ1n) is 5.63. The van der Waals surface area contributed by atoms with Crippen molar-refractivity contribution in [3.63, 3.8) is 0 Å². The highest BCUT2D eigenvalue weighted by Crippen LogP contribution is 2.26. The Morgan fingerprint density at radius 3 is 2.65 bits per heavy atom. The van der Waals surface area contributed by atoms with Crippen molar-refractivity contribution in [1.29, 1.82) is 5.26 Å². The van der Waals surface area contributed by atoms with Crippen molar-refractivity contribution in [2.24, 2.45) is 0 Å². The summed E-state index contributed by atoms with van der Waals surface area (Å²) in [6.07, 6.45) is 0. The van der Waals surface area contributed by atoms with Gasteiger partial charge in [-0.25, -0.2) is 0 Å². The number of nitrogens with two attached hydrogens (primary N) is 1. The minimum atomic E-state index is -1.29. The molecule has 0 saturated heterocycles. The van der Waals surface area contributed by atoms with E-state index in [0.717, 1.165) is 10.0 Å². The average molecular weight is 370 g/mol. The van der Waals surface area contributed by atoms with E-state index in [1.54, 1.807) is 36.4 Å². The lowest BCUT2D eigenvalue weighted by atomic mass is 10.2. The fraction of sp³-hybridized carbons (Fsp3) is 0.0714.